The molecule has 1 N–H and O–H groups in total. The van der Waals surface area contributed by atoms with Crippen LogP contribution in [0.3, 0.4) is 0 Å². The van der Waals surface area contributed by atoms with E-state index in [1.54, 1.807) is 0 Å². The predicted molar refractivity (Wildman–Crippen MR) is 106 cm³/mol. The second kappa shape index (κ2) is 8.73. The lowest BCUT2D eigenvalue weighted by molar-refractivity contribution is -0.0867. The molecule has 1 heterocycles. The number of hydrogen-bond donors (Lipinski definition) is 1. The fourth-order valence-corrected chi connectivity index (χ4v) is 4.05. The quantitative estimate of drug-likeness (QED) is 0.812. The van der Waals surface area contributed by atoms with Gasteiger partial charge in [-0.1, -0.05) is 60.7 Å². The number of ether oxygens (including phenoxy) is 3. The number of amides is 2. The molecular formula is C22H24N2O6. The minimum absolute atomic E-state index is 0.0498. The topological polar surface area (TPSA) is 88.5 Å². The zero-order valence-corrected chi connectivity index (χ0v) is 16.6. The van der Waals surface area contributed by atoms with Crippen LogP contribution in [0.4, 0.5) is 9.59 Å². The van der Waals surface area contributed by atoms with Crippen LogP contribution >= 0.6 is 0 Å². The summed E-state index contributed by atoms with van der Waals surface area (Å²) in [6.45, 7) is 0.110. The first-order chi connectivity index (χ1) is 14.6. The van der Waals surface area contributed by atoms with Crippen molar-refractivity contribution in [2.45, 2.75) is 43.9 Å². The number of fused-ring (bicyclic) bond motifs is 2. The SMILES string of the molecule is CO[C@@H]1C[C@@H]2[C@H](O)[C@H]1N(C(=O)OCc1ccccc1)N2C(=O)OCc1ccccc1. The monoisotopic (exact) mass is 412 g/mol. The van der Waals surface area contributed by atoms with Crippen LogP contribution in [-0.4, -0.2) is 58.7 Å². The molecule has 30 heavy (non-hydrogen) atoms. The Kier molecular flexibility index (Phi) is 5.87. The van der Waals surface area contributed by atoms with E-state index in [9.17, 15) is 14.7 Å². The van der Waals surface area contributed by atoms with E-state index in [4.69, 9.17) is 14.2 Å². The molecule has 8 nitrogen and oxygen atoms in total. The maximum Gasteiger partial charge on any atom is 0.429 e. The van der Waals surface area contributed by atoms with E-state index in [-0.39, 0.29) is 13.2 Å². The molecule has 0 unspecified atom stereocenters. The molecule has 158 valence electrons. The number of hydrazine groups is 1. The minimum atomic E-state index is -0.941. The van der Waals surface area contributed by atoms with Crippen LogP contribution in [0.2, 0.25) is 0 Å². The van der Waals surface area contributed by atoms with Gasteiger partial charge in [-0.05, 0) is 11.1 Å². The molecule has 2 aliphatic rings. The Balaban J connectivity index is 1.48. The zero-order valence-electron chi connectivity index (χ0n) is 16.6. The van der Waals surface area contributed by atoms with Crippen molar-refractivity contribution in [3.63, 3.8) is 0 Å². The van der Waals surface area contributed by atoms with Crippen LogP contribution in [0.1, 0.15) is 17.5 Å². The molecule has 1 saturated carbocycles. The van der Waals surface area contributed by atoms with Gasteiger partial charge < -0.3 is 19.3 Å². The second-order valence-corrected chi connectivity index (χ2v) is 7.33. The lowest BCUT2D eigenvalue weighted by atomic mass is 10.2. The Morgan fingerprint density at radius 3 is 1.90 bits per heavy atom. The Morgan fingerprint density at radius 1 is 0.900 bits per heavy atom. The van der Waals surface area contributed by atoms with Gasteiger partial charge in [-0.15, -0.1) is 0 Å². The lowest BCUT2D eigenvalue weighted by Crippen LogP contribution is -2.57. The number of benzene rings is 2. The number of aliphatic hydroxyl groups excluding tert-OH is 1. The molecule has 2 aromatic rings. The minimum Gasteiger partial charge on any atom is -0.443 e. The Bertz CT molecular complexity index is 878. The van der Waals surface area contributed by atoms with Crippen molar-refractivity contribution >= 4 is 12.2 Å². The lowest BCUT2D eigenvalue weighted by Gasteiger charge is -2.38. The van der Waals surface area contributed by atoms with E-state index in [2.05, 4.69) is 0 Å². The highest BCUT2D eigenvalue weighted by Gasteiger charge is 2.61. The summed E-state index contributed by atoms with van der Waals surface area (Å²) in [6, 6.07) is 17.1. The number of carbonyl (C=O) groups excluding carboxylic acids is 2. The standard InChI is InChI=1S/C22H24N2O6/c1-28-18-12-17-20(25)19(18)24(22(27)30-14-16-10-6-3-7-11-16)23(17)21(26)29-13-15-8-4-2-5-9-15/h2-11,17-20,25H,12-14H2,1H3/t17-,18-,19+,20+/m1/s1. The molecule has 2 bridgehead atoms. The first-order valence-electron chi connectivity index (χ1n) is 9.80. The average molecular weight is 412 g/mol. The van der Waals surface area contributed by atoms with Crippen LogP contribution in [-0.2, 0) is 27.4 Å². The predicted octanol–water partition coefficient (Wildman–Crippen LogP) is 2.71. The molecular weight excluding hydrogens is 388 g/mol. The number of methoxy groups -OCH3 is 1. The molecule has 4 atom stereocenters. The molecule has 2 aromatic carbocycles. The Morgan fingerprint density at radius 2 is 1.40 bits per heavy atom. The summed E-state index contributed by atoms with van der Waals surface area (Å²) in [5.41, 5.74) is 1.64. The molecule has 0 aromatic heterocycles. The van der Waals surface area contributed by atoms with E-state index in [0.29, 0.717) is 6.42 Å². The zero-order chi connectivity index (χ0) is 21.1. The maximum absolute atomic E-state index is 12.9. The fraction of sp³-hybridized carbons (Fsp3) is 0.364. The third kappa shape index (κ3) is 3.83. The molecule has 0 radical (unpaired) electrons. The van der Waals surface area contributed by atoms with Crippen LogP contribution in [0.15, 0.2) is 60.7 Å². The van der Waals surface area contributed by atoms with Gasteiger partial charge in [-0.3, -0.25) is 0 Å². The number of hydrogen-bond acceptors (Lipinski definition) is 6. The van der Waals surface area contributed by atoms with E-state index in [0.717, 1.165) is 16.1 Å². The van der Waals surface area contributed by atoms with E-state index in [1.807, 2.05) is 60.7 Å². The molecule has 2 fully saturated rings. The Labute approximate surface area is 174 Å². The van der Waals surface area contributed by atoms with Gasteiger partial charge in [0.15, 0.2) is 0 Å². The van der Waals surface area contributed by atoms with E-state index >= 15 is 0 Å². The summed E-state index contributed by atoms with van der Waals surface area (Å²) < 4.78 is 16.3. The fourth-order valence-electron chi connectivity index (χ4n) is 4.05. The summed E-state index contributed by atoms with van der Waals surface area (Å²) in [5.74, 6) is 0. The van der Waals surface area contributed by atoms with Gasteiger partial charge in [0.05, 0.1) is 12.1 Å². The van der Waals surface area contributed by atoms with Gasteiger partial charge in [-0.25, -0.2) is 19.6 Å². The molecule has 4 rings (SSSR count). The summed E-state index contributed by atoms with van der Waals surface area (Å²) >= 11 is 0. The van der Waals surface area contributed by atoms with Crippen molar-refractivity contribution < 1.29 is 28.9 Å². The summed E-state index contributed by atoms with van der Waals surface area (Å²) in [5, 5.41) is 13.0. The van der Waals surface area contributed by atoms with Gasteiger partial charge in [-0.2, -0.15) is 0 Å². The van der Waals surface area contributed by atoms with Crippen molar-refractivity contribution in [1.82, 2.24) is 10.0 Å². The summed E-state index contributed by atoms with van der Waals surface area (Å²) in [4.78, 5) is 25.7. The van der Waals surface area contributed by atoms with Gasteiger partial charge in [0.1, 0.15) is 25.4 Å². The maximum atomic E-state index is 12.9. The first-order valence-corrected chi connectivity index (χ1v) is 9.80. The van der Waals surface area contributed by atoms with Gasteiger partial charge in [0.2, 0.25) is 0 Å². The van der Waals surface area contributed by atoms with Gasteiger partial charge >= 0.3 is 12.2 Å². The van der Waals surface area contributed by atoms with Crippen molar-refractivity contribution in [3.8, 4) is 0 Å². The molecule has 0 spiro atoms. The highest BCUT2D eigenvalue weighted by atomic mass is 16.6. The highest BCUT2D eigenvalue weighted by Crippen LogP contribution is 2.40. The molecule has 1 saturated heterocycles. The molecule has 1 aliphatic carbocycles. The highest BCUT2D eigenvalue weighted by molar-refractivity contribution is 5.76. The number of rotatable bonds is 5. The number of nitrogens with zero attached hydrogens (tertiary/aromatic N) is 2. The molecule has 1 aliphatic heterocycles. The normalized spacial score (nSPS) is 24.7. The Hall–Kier alpha value is -3.10. The van der Waals surface area contributed by atoms with Gasteiger partial charge in [0.25, 0.3) is 0 Å². The largest absolute Gasteiger partial charge is 0.443 e. The summed E-state index contributed by atoms with van der Waals surface area (Å²) in [7, 11) is 1.52. The molecule has 8 heteroatoms. The first kappa shape index (κ1) is 20.2. The number of aliphatic hydroxyl groups is 1. The van der Waals surface area contributed by atoms with E-state index < -0.39 is 36.5 Å². The van der Waals surface area contributed by atoms with Crippen LogP contribution < -0.4 is 0 Å². The van der Waals surface area contributed by atoms with Gasteiger partial charge in [0, 0.05) is 13.5 Å². The van der Waals surface area contributed by atoms with Crippen LogP contribution in [0.25, 0.3) is 0 Å². The van der Waals surface area contributed by atoms with Crippen molar-refractivity contribution in [3.05, 3.63) is 71.8 Å². The number of carbonyl (C=O) groups is 2. The third-order valence-electron chi connectivity index (χ3n) is 5.51. The van der Waals surface area contributed by atoms with Crippen molar-refractivity contribution in [2.75, 3.05) is 7.11 Å². The van der Waals surface area contributed by atoms with Crippen molar-refractivity contribution in [1.29, 1.82) is 0 Å². The van der Waals surface area contributed by atoms with E-state index in [1.165, 1.54) is 12.1 Å². The van der Waals surface area contributed by atoms with Crippen LogP contribution in [0, 0.1) is 0 Å². The third-order valence-corrected chi connectivity index (χ3v) is 5.51. The van der Waals surface area contributed by atoms with Crippen LogP contribution in [0.5, 0.6) is 0 Å². The second-order valence-electron chi connectivity index (χ2n) is 7.33. The smallest absolute Gasteiger partial charge is 0.429 e. The average Bonchev–Trinajstić information content (AvgIpc) is 3.26. The van der Waals surface area contributed by atoms with Crippen molar-refractivity contribution in [2.24, 2.45) is 0 Å². The summed E-state index contributed by atoms with van der Waals surface area (Å²) in [6.07, 6.45) is -2.37. The molecule has 2 amide bonds.